The highest BCUT2D eigenvalue weighted by atomic mass is 16.1. The molecular weight excluding hydrogens is 374 g/mol. The van der Waals surface area contributed by atoms with Gasteiger partial charge < -0.3 is 4.57 Å². The van der Waals surface area contributed by atoms with E-state index in [-0.39, 0.29) is 16.4 Å². The average molecular weight is 393 g/mol. The zero-order valence-corrected chi connectivity index (χ0v) is 16.7. The molecular formula is C25H19N3O2. The Labute approximate surface area is 172 Å². The molecule has 0 saturated heterocycles. The number of nitrogens with zero attached hydrogens (tertiary/aromatic N) is 3. The van der Waals surface area contributed by atoms with Gasteiger partial charge in [-0.05, 0) is 36.8 Å². The van der Waals surface area contributed by atoms with E-state index in [4.69, 9.17) is 4.98 Å². The number of para-hydroxylation sites is 2. The van der Waals surface area contributed by atoms with Crippen LogP contribution in [0, 0.1) is 6.92 Å². The van der Waals surface area contributed by atoms with E-state index < -0.39 is 0 Å². The highest BCUT2D eigenvalue weighted by molar-refractivity contribution is 5.92. The van der Waals surface area contributed by atoms with E-state index in [1.54, 1.807) is 16.7 Å². The molecule has 3 aromatic carbocycles. The van der Waals surface area contributed by atoms with Crippen LogP contribution in [0.4, 0.5) is 0 Å². The van der Waals surface area contributed by atoms with Crippen LogP contribution in [-0.4, -0.2) is 14.1 Å². The zero-order chi connectivity index (χ0) is 20.8. The quantitative estimate of drug-likeness (QED) is 0.422. The summed E-state index contributed by atoms with van der Waals surface area (Å²) in [4.78, 5) is 31.9. The first-order valence-electron chi connectivity index (χ1n) is 9.74. The van der Waals surface area contributed by atoms with Gasteiger partial charge in [-0.2, -0.15) is 0 Å². The highest BCUT2D eigenvalue weighted by Crippen LogP contribution is 2.25. The van der Waals surface area contributed by atoms with E-state index >= 15 is 0 Å². The van der Waals surface area contributed by atoms with Crippen LogP contribution in [0.1, 0.15) is 5.56 Å². The number of aryl methyl sites for hydroxylation is 2. The molecule has 0 bridgehead atoms. The van der Waals surface area contributed by atoms with Crippen molar-refractivity contribution < 1.29 is 0 Å². The Kier molecular flexibility index (Phi) is 4.10. The van der Waals surface area contributed by atoms with E-state index in [0.717, 1.165) is 16.6 Å². The lowest BCUT2D eigenvalue weighted by molar-refractivity contribution is 0.923. The van der Waals surface area contributed by atoms with Crippen molar-refractivity contribution in [2.45, 2.75) is 6.92 Å². The smallest absolute Gasteiger partial charge is 0.271 e. The lowest BCUT2D eigenvalue weighted by Gasteiger charge is -2.17. The molecule has 5 rings (SSSR count). The van der Waals surface area contributed by atoms with Crippen molar-refractivity contribution in [2.24, 2.45) is 7.05 Å². The van der Waals surface area contributed by atoms with Crippen LogP contribution in [0.15, 0.2) is 88.5 Å². The summed E-state index contributed by atoms with van der Waals surface area (Å²) in [7, 11) is 1.84. The summed E-state index contributed by atoms with van der Waals surface area (Å²) in [6.07, 6.45) is 0. The van der Waals surface area contributed by atoms with Gasteiger partial charge in [0.15, 0.2) is 5.65 Å². The Morgan fingerprint density at radius 2 is 1.47 bits per heavy atom. The van der Waals surface area contributed by atoms with Gasteiger partial charge in [0.25, 0.3) is 5.56 Å². The second-order valence-electron chi connectivity index (χ2n) is 7.33. The summed E-state index contributed by atoms with van der Waals surface area (Å²) < 4.78 is 3.37. The van der Waals surface area contributed by atoms with Crippen LogP contribution >= 0.6 is 0 Å². The monoisotopic (exact) mass is 393 g/mol. The summed E-state index contributed by atoms with van der Waals surface area (Å²) in [5, 5.41) is 0.604. The number of hydrogen-bond acceptors (Lipinski definition) is 3. The molecule has 2 aromatic heterocycles. The predicted octanol–water partition coefficient (Wildman–Crippen LogP) is 4.21. The van der Waals surface area contributed by atoms with Crippen LogP contribution in [0.5, 0.6) is 0 Å². The van der Waals surface area contributed by atoms with Gasteiger partial charge in [-0.1, -0.05) is 54.6 Å². The fourth-order valence-electron chi connectivity index (χ4n) is 3.98. The average Bonchev–Trinajstić information content (AvgIpc) is 2.78. The Morgan fingerprint density at radius 3 is 2.23 bits per heavy atom. The second-order valence-corrected chi connectivity index (χ2v) is 7.33. The Balaban J connectivity index is 2.05. The third kappa shape index (κ3) is 2.59. The molecule has 2 heterocycles. The SMILES string of the molecule is Cc1ccccc1-c1nc2c(c(=O)c3ccccc3n2C)c(=O)n1-c1ccccc1. The molecule has 0 aliphatic rings. The van der Waals surface area contributed by atoms with Crippen molar-refractivity contribution in [3.8, 4) is 17.1 Å². The first-order chi connectivity index (χ1) is 14.6. The van der Waals surface area contributed by atoms with Crippen molar-refractivity contribution in [3.05, 3.63) is 105 Å². The number of benzene rings is 3. The van der Waals surface area contributed by atoms with Crippen LogP contribution in [0.3, 0.4) is 0 Å². The van der Waals surface area contributed by atoms with Crippen LogP contribution in [0.25, 0.3) is 39.0 Å². The summed E-state index contributed by atoms with van der Waals surface area (Å²) in [6, 6.07) is 24.4. The van der Waals surface area contributed by atoms with Gasteiger partial charge in [-0.25, -0.2) is 4.98 Å². The Bertz CT molecular complexity index is 1550. The Morgan fingerprint density at radius 1 is 0.800 bits per heavy atom. The third-order valence-corrected chi connectivity index (χ3v) is 5.52. The van der Waals surface area contributed by atoms with Gasteiger partial charge in [0.1, 0.15) is 11.2 Å². The first kappa shape index (κ1) is 18.1. The maximum absolute atomic E-state index is 13.8. The largest absolute Gasteiger partial charge is 0.328 e. The van der Waals surface area contributed by atoms with Crippen molar-refractivity contribution in [2.75, 3.05) is 0 Å². The minimum absolute atomic E-state index is 0.0948. The molecule has 146 valence electrons. The molecule has 0 fully saturated rings. The fourth-order valence-corrected chi connectivity index (χ4v) is 3.98. The molecule has 0 unspecified atom stereocenters. The molecule has 0 radical (unpaired) electrons. The minimum Gasteiger partial charge on any atom is -0.328 e. The predicted molar refractivity (Wildman–Crippen MR) is 120 cm³/mol. The van der Waals surface area contributed by atoms with Gasteiger partial charge in [0.05, 0.1) is 11.2 Å². The number of aromatic nitrogens is 3. The summed E-state index contributed by atoms with van der Waals surface area (Å²) in [5.41, 5.74) is 2.99. The van der Waals surface area contributed by atoms with Crippen molar-refractivity contribution in [1.82, 2.24) is 14.1 Å². The van der Waals surface area contributed by atoms with Gasteiger partial charge >= 0.3 is 0 Å². The normalized spacial score (nSPS) is 11.3. The van der Waals surface area contributed by atoms with Gasteiger partial charge in [-0.15, -0.1) is 0 Å². The van der Waals surface area contributed by atoms with Crippen LogP contribution in [0.2, 0.25) is 0 Å². The van der Waals surface area contributed by atoms with E-state index in [0.29, 0.717) is 22.5 Å². The standard InChI is InChI=1S/C25H19N3O2/c1-16-10-6-7-13-18(16)23-26-24-21(25(30)28(23)17-11-4-3-5-12-17)22(29)19-14-8-9-15-20(19)27(24)2/h3-15H,1-2H3. The number of fused-ring (bicyclic) bond motifs is 2. The van der Waals surface area contributed by atoms with Crippen molar-refractivity contribution in [1.29, 1.82) is 0 Å². The maximum atomic E-state index is 13.8. The number of hydrogen-bond donors (Lipinski definition) is 0. The summed E-state index contributed by atoms with van der Waals surface area (Å²) in [6.45, 7) is 1.99. The lowest BCUT2D eigenvalue weighted by atomic mass is 10.1. The summed E-state index contributed by atoms with van der Waals surface area (Å²) in [5.74, 6) is 0.516. The molecule has 0 spiro atoms. The van der Waals surface area contributed by atoms with E-state index in [9.17, 15) is 9.59 Å². The molecule has 0 aliphatic heterocycles. The topological polar surface area (TPSA) is 56.9 Å². The van der Waals surface area contributed by atoms with E-state index in [2.05, 4.69) is 0 Å². The van der Waals surface area contributed by atoms with E-state index in [1.165, 1.54) is 0 Å². The second kappa shape index (κ2) is 6.81. The molecule has 30 heavy (non-hydrogen) atoms. The lowest BCUT2D eigenvalue weighted by Crippen LogP contribution is -2.28. The van der Waals surface area contributed by atoms with Gasteiger partial charge in [0.2, 0.25) is 5.43 Å². The molecule has 0 amide bonds. The van der Waals surface area contributed by atoms with E-state index in [1.807, 2.05) is 85.3 Å². The number of pyridine rings is 1. The molecule has 0 aliphatic carbocycles. The van der Waals surface area contributed by atoms with Crippen molar-refractivity contribution in [3.63, 3.8) is 0 Å². The molecule has 5 aromatic rings. The number of rotatable bonds is 2. The van der Waals surface area contributed by atoms with Crippen molar-refractivity contribution >= 4 is 21.9 Å². The fraction of sp³-hybridized carbons (Fsp3) is 0.0800. The third-order valence-electron chi connectivity index (χ3n) is 5.52. The highest BCUT2D eigenvalue weighted by Gasteiger charge is 2.20. The Hall–Kier alpha value is -3.99. The molecule has 0 N–H and O–H groups in total. The van der Waals surface area contributed by atoms with Gasteiger partial charge in [0, 0.05) is 18.0 Å². The maximum Gasteiger partial charge on any atom is 0.271 e. The molecule has 0 saturated carbocycles. The summed E-state index contributed by atoms with van der Waals surface area (Å²) >= 11 is 0. The zero-order valence-electron chi connectivity index (χ0n) is 16.7. The first-order valence-corrected chi connectivity index (χ1v) is 9.74. The van der Waals surface area contributed by atoms with Gasteiger partial charge in [-0.3, -0.25) is 14.2 Å². The molecule has 5 nitrogen and oxygen atoms in total. The molecule has 5 heteroatoms. The molecule has 0 atom stereocenters. The minimum atomic E-state index is -0.365. The van der Waals surface area contributed by atoms with Crippen LogP contribution < -0.4 is 11.0 Å². The van der Waals surface area contributed by atoms with Crippen LogP contribution in [-0.2, 0) is 7.05 Å².